The van der Waals surface area contributed by atoms with Gasteiger partial charge in [0, 0.05) is 26.8 Å². The maximum absolute atomic E-state index is 5.56. The van der Waals surface area contributed by atoms with Crippen molar-refractivity contribution in [3.8, 4) is 0 Å². The lowest BCUT2D eigenvalue weighted by atomic mass is 10.2. The van der Waals surface area contributed by atoms with Gasteiger partial charge in [-0.05, 0) is 54.6 Å². The highest BCUT2D eigenvalue weighted by atomic mass is 127. The van der Waals surface area contributed by atoms with E-state index < -0.39 is 0 Å². The zero-order valence-corrected chi connectivity index (χ0v) is 12.5. The third-order valence-electron chi connectivity index (χ3n) is 1.85. The molecule has 15 heavy (non-hydrogen) atoms. The average Bonchev–Trinajstić information content (AvgIpc) is 2.21. The molecule has 84 valence electrons. The first kappa shape index (κ1) is 13.4. The molecule has 0 saturated heterocycles. The maximum Gasteiger partial charge on any atom is 0.184 e. The molecule has 0 radical (unpaired) electrons. The normalized spacial score (nSPS) is 11.0. The molecule has 0 bridgehead atoms. The molecule has 0 unspecified atom stereocenters. The second-order valence-corrected chi connectivity index (χ2v) is 4.99. The van der Waals surface area contributed by atoms with E-state index in [0.29, 0.717) is 13.2 Å². The lowest BCUT2D eigenvalue weighted by molar-refractivity contribution is -0.140. The molecule has 1 aromatic carbocycles. The van der Waals surface area contributed by atoms with Gasteiger partial charge in [0.2, 0.25) is 0 Å². The van der Waals surface area contributed by atoms with Gasteiger partial charge in [-0.3, -0.25) is 0 Å². The molecule has 0 saturated carbocycles. The van der Waals surface area contributed by atoms with Gasteiger partial charge in [0.05, 0.1) is 0 Å². The molecular formula is C11H14BrIO2. The van der Waals surface area contributed by atoms with Crippen LogP contribution in [-0.2, 0) is 9.47 Å². The van der Waals surface area contributed by atoms with E-state index in [1.54, 1.807) is 0 Å². The Labute approximate surface area is 113 Å². The Morgan fingerprint density at radius 1 is 1.27 bits per heavy atom. The largest absolute Gasteiger partial charge is 0.349 e. The molecule has 0 aromatic heterocycles. The highest BCUT2D eigenvalue weighted by Crippen LogP contribution is 2.27. The molecule has 0 spiro atoms. The fourth-order valence-corrected chi connectivity index (χ4v) is 2.19. The fourth-order valence-electron chi connectivity index (χ4n) is 1.23. The van der Waals surface area contributed by atoms with Gasteiger partial charge in [0.25, 0.3) is 0 Å². The van der Waals surface area contributed by atoms with Crippen molar-refractivity contribution in [2.24, 2.45) is 0 Å². The van der Waals surface area contributed by atoms with Crippen LogP contribution < -0.4 is 0 Å². The summed E-state index contributed by atoms with van der Waals surface area (Å²) in [5, 5.41) is 0. The van der Waals surface area contributed by atoms with Gasteiger partial charge < -0.3 is 9.47 Å². The summed E-state index contributed by atoms with van der Waals surface area (Å²) in [6, 6.07) is 6.10. The SMILES string of the molecule is CCOC(OCC)c1cc(Br)ccc1I. The van der Waals surface area contributed by atoms with E-state index in [4.69, 9.17) is 9.47 Å². The van der Waals surface area contributed by atoms with Crippen molar-refractivity contribution in [2.45, 2.75) is 20.1 Å². The summed E-state index contributed by atoms with van der Waals surface area (Å²) in [4.78, 5) is 0. The number of hydrogen-bond acceptors (Lipinski definition) is 2. The summed E-state index contributed by atoms with van der Waals surface area (Å²) in [6.07, 6.45) is -0.260. The van der Waals surface area contributed by atoms with E-state index >= 15 is 0 Å². The summed E-state index contributed by atoms with van der Waals surface area (Å²) >= 11 is 5.74. The summed E-state index contributed by atoms with van der Waals surface area (Å²) in [5.41, 5.74) is 1.08. The third kappa shape index (κ3) is 4.01. The zero-order chi connectivity index (χ0) is 11.3. The Bertz CT molecular complexity index is 311. The number of ether oxygens (including phenoxy) is 2. The highest BCUT2D eigenvalue weighted by Gasteiger charge is 2.14. The molecule has 0 aliphatic heterocycles. The van der Waals surface area contributed by atoms with Gasteiger partial charge in [-0.1, -0.05) is 15.9 Å². The number of halogens is 2. The lowest BCUT2D eigenvalue weighted by Crippen LogP contribution is -2.10. The van der Waals surface area contributed by atoms with Crippen LogP contribution in [0.15, 0.2) is 22.7 Å². The van der Waals surface area contributed by atoms with Crippen molar-refractivity contribution in [3.63, 3.8) is 0 Å². The maximum atomic E-state index is 5.56. The number of hydrogen-bond donors (Lipinski definition) is 0. The van der Waals surface area contributed by atoms with E-state index in [0.717, 1.165) is 13.6 Å². The molecular weight excluding hydrogens is 371 g/mol. The van der Waals surface area contributed by atoms with Crippen LogP contribution in [0.3, 0.4) is 0 Å². The van der Waals surface area contributed by atoms with Gasteiger partial charge in [0.1, 0.15) is 0 Å². The van der Waals surface area contributed by atoms with Crippen LogP contribution >= 0.6 is 38.5 Å². The quantitative estimate of drug-likeness (QED) is 0.561. The van der Waals surface area contributed by atoms with Crippen LogP contribution in [0.1, 0.15) is 25.7 Å². The predicted molar refractivity (Wildman–Crippen MR) is 72.9 cm³/mol. The van der Waals surface area contributed by atoms with Crippen molar-refractivity contribution < 1.29 is 9.47 Å². The average molecular weight is 385 g/mol. The van der Waals surface area contributed by atoms with Gasteiger partial charge in [-0.15, -0.1) is 0 Å². The predicted octanol–water partition coefficient (Wildman–Crippen LogP) is 4.13. The molecule has 0 aliphatic carbocycles. The van der Waals surface area contributed by atoms with E-state index in [9.17, 15) is 0 Å². The van der Waals surface area contributed by atoms with Gasteiger partial charge in [0.15, 0.2) is 6.29 Å². The second-order valence-electron chi connectivity index (χ2n) is 2.91. The topological polar surface area (TPSA) is 18.5 Å². The minimum atomic E-state index is -0.260. The van der Waals surface area contributed by atoms with Crippen molar-refractivity contribution in [2.75, 3.05) is 13.2 Å². The van der Waals surface area contributed by atoms with Crippen molar-refractivity contribution in [1.29, 1.82) is 0 Å². The standard InChI is InChI=1S/C11H14BrIO2/c1-3-14-11(15-4-2)9-7-8(12)5-6-10(9)13/h5-7,11H,3-4H2,1-2H3. The second kappa shape index (κ2) is 6.83. The fraction of sp³-hybridized carbons (Fsp3) is 0.455. The Balaban J connectivity index is 2.93. The minimum Gasteiger partial charge on any atom is -0.349 e. The summed E-state index contributed by atoms with van der Waals surface area (Å²) in [7, 11) is 0. The van der Waals surface area contributed by atoms with Crippen molar-refractivity contribution in [1.82, 2.24) is 0 Å². The summed E-state index contributed by atoms with van der Waals surface area (Å²) in [5.74, 6) is 0. The van der Waals surface area contributed by atoms with E-state index in [1.807, 2.05) is 32.0 Å². The van der Waals surface area contributed by atoms with E-state index in [2.05, 4.69) is 38.5 Å². The van der Waals surface area contributed by atoms with E-state index in [-0.39, 0.29) is 6.29 Å². The van der Waals surface area contributed by atoms with Crippen LogP contribution in [0.4, 0.5) is 0 Å². The van der Waals surface area contributed by atoms with E-state index in [1.165, 1.54) is 0 Å². The monoisotopic (exact) mass is 384 g/mol. The first-order valence-corrected chi connectivity index (χ1v) is 6.74. The molecule has 1 rings (SSSR count). The number of rotatable bonds is 5. The molecule has 4 heteroatoms. The van der Waals surface area contributed by atoms with Gasteiger partial charge >= 0.3 is 0 Å². The molecule has 0 aliphatic rings. The minimum absolute atomic E-state index is 0.260. The lowest BCUT2D eigenvalue weighted by Gasteiger charge is -2.18. The first-order valence-electron chi connectivity index (χ1n) is 4.87. The third-order valence-corrected chi connectivity index (χ3v) is 3.32. The molecule has 1 aromatic rings. The van der Waals surface area contributed by atoms with Crippen LogP contribution in [0, 0.1) is 3.57 Å². The Morgan fingerprint density at radius 2 is 1.87 bits per heavy atom. The molecule has 2 nitrogen and oxygen atoms in total. The summed E-state index contributed by atoms with van der Waals surface area (Å²) < 4.78 is 13.3. The Kier molecular flexibility index (Phi) is 6.11. The van der Waals surface area contributed by atoms with Crippen LogP contribution in [0.5, 0.6) is 0 Å². The summed E-state index contributed by atoms with van der Waals surface area (Å²) in [6.45, 7) is 5.23. The number of benzene rings is 1. The highest BCUT2D eigenvalue weighted by molar-refractivity contribution is 14.1. The van der Waals surface area contributed by atoms with Gasteiger partial charge in [-0.25, -0.2) is 0 Å². The molecule has 0 atom stereocenters. The van der Waals surface area contributed by atoms with Crippen LogP contribution in [-0.4, -0.2) is 13.2 Å². The Hall–Kier alpha value is 0.350. The van der Waals surface area contributed by atoms with Crippen LogP contribution in [0.25, 0.3) is 0 Å². The smallest absolute Gasteiger partial charge is 0.184 e. The first-order chi connectivity index (χ1) is 7.19. The Morgan fingerprint density at radius 3 is 2.40 bits per heavy atom. The van der Waals surface area contributed by atoms with Crippen LogP contribution in [0.2, 0.25) is 0 Å². The zero-order valence-electron chi connectivity index (χ0n) is 8.80. The molecule has 0 fully saturated rings. The van der Waals surface area contributed by atoms with Gasteiger partial charge in [-0.2, -0.15) is 0 Å². The molecule has 0 heterocycles. The molecule has 0 amide bonds. The molecule has 0 N–H and O–H groups in total. The van der Waals surface area contributed by atoms with Crippen molar-refractivity contribution >= 4 is 38.5 Å². The van der Waals surface area contributed by atoms with Crippen molar-refractivity contribution in [3.05, 3.63) is 31.8 Å².